The van der Waals surface area contributed by atoms with E-state index in [1.165, 1.54) is 24.8 Å². The summed E-state index contributed by atoms with van der Waals surface area (Å²) in [6.45, 7) is 4.23. The van der Waals surface area contributed by atoms with E-state index in [-0.39, 0.29) is 6.61 Å². The lowest BCUT2D eigenvalue weighted by Crippen LogP contribution is -2.36. The fraction of sp³-hybridized carbons (Fsp3) is 0.529. The first kappa shape index (κ1) is 14.9. The number of piperidine rings is 1. The molecule has 1 saturated heterocycles. The third kappa shape index (κ3) is 3.75. The molecule has 1 fully saturated rings. The fourth-order valence-corrected chi connectivity index (χ4v) is 2.70. The van der Waals surface area contributed by atoms with Crippen LogP contribution < -0.4 is 4.74 Å². The lowest BCUT2D eigenvalue weighted by molar-refractivity contribution is 0.152. The lowest BCUT2D eigenvalue weighted by atomic mass is 10.0. The molecule has 3 nitrogen and oxygen atoms in total. The molecular formula is C17H23NO2. The number of hydrogen-bond donors (Lipinski definition) is 1. The lowest BCUT2D eigenvalue weighted by Gasteiger charge is -2.33. The Labute approximate surface area is 121 Å². The van der Waals surface area contributed by atoms with Crippen LogP contribution in [0.5, 0.6) is 5.75 Å². The number of likely N-dealkylation sites (tertiary alicyclic amines) is 1. The van der Waals surface area contributed by atoms with Crippen LogP contribution in [0.4, 0.5) is 0 Å². The van der Waals surface area contributed by atoms with Gasteiger partial charge >= 0.3 is 0 Å². The molecule has 1 atom stereocenters. The van der Waals surface area contributed by atoms with Gasteiger partial charge in [0.1, 0.15) is 12.4 Å². The average Bonchev–Trinajstić information content (AvgIpc) is 2.48. The highest BCUT2D eigenvalue weighted by atomic mass is 16.5. The smallest absolute Gasteiger partial charge is 0.119 e. The van der Waals surface area contributed by atoms with Gasteiger partial charge in [-0.2, -0.15) is 0 Å². The Balaban J connectivity index is 2.22. The quantitative estimate of drug-likeness (QED) is 0.859. The van der Waals surface area contributed by atoms with Crippen molar-refractivity contribution in [1.82, 2.24) is 4.90 Å². The van der Waals surface area contributed by atoms with Crippen LogP contribution in [0.25, 0.3) is 0 Å². The second-order valence-corrected chi connectivity index (χ2v) is 5.30. The first-order valence-corrected chi connectivity index (χ1v) is 7.25. The SMILES string of the molecule is COc1ccc(C#CCO)c(CN2CCCCC2C)c1. The maximum absolute atomic E-state index is 8.87. The monoisotopic (exact) mass is 273 g/mol. The highest BCUT2D eigenvalue weighted by Crippen LogP contribution is 2.23. The summed E-state index contributed by atoms with van der Waals surface area (Å²) in [5.41, 5.74) is 2.16. The zero-order valence-electron chi connectivity index (χ0n) is 12.4. The molecule has 0 aromatic heterocycles. The van der Waals surface area contributed by atoms with Crippen LogP contribution in [0.15, 0.2) is 18.2 Å². The third-order valence-electron chi connectivity index (χ3n) is 3.93. The van der Waals surface area contributed by atoms with Crippen molar-refractivity contribution in [2.24, 2.45) is 0 Å². The molecule has 3 heteroatoms. The van der Waals surface area contributed by atoms with E-state index in [0.717, 1.165) is 24.4 Å². The molecule has 0 spiro atoms. The van der Waals surface area contributed by atoms with E-state index in [0.29, 0.717) is 6.04 Å². The first-order chi connectivity index (χ1) is 9.74. The summed E-state index contributed by atoms with van der Waals surface area (Å²) < 4.78 is 5.31. The Morgan fingerprint density at radius 1 is 1.40 bits per heavy atom. The van der Waals surface area contributed by atoms with E-state index < -0.39 is 0 Å². The van der Waals surface area contributed by atoms with Crippen LogP contribution in [0.1, 0.15) is 37.3 Å². The number of nitrogens with zero attached hydrogens (tertiary/aromatic N) is 1. The molecule has 20 heavy (non-hydrogen) atoms. The maximum atomic E-state index is 8.87. The van der Waals surface area contributed by atoms with Crippen molar-refractivity contribution in [3.8, 4) is 17.6 Å². The summed E-state index contributed by atoms with van der Waals surface area (Å²) in [6.07, 6.45) is 3.86. The van der Waals surface area contributed by atoms with Crippen molar-refractivity contribution >= 4 is 0 Å². The summed E-state index contributed by atoms with van der Waals surface area (Å²) in [5.74, 6) is 6.63. The largest absolute Gasteiger partial charge is 0.497 e. The minimum atomic E-state index is -0.106. The third-order valence-corrected chi connectivity index (χ3v) is 3.93. The van der Waals surface area contributed by atoms with E-state index in [4.69, 9.17) is 9.84 Å². The Morgan fingerprint density at radius 3 is 2.95 bits per heavy atom. The maximum Gasteiger partial charge on any atom is 0.119 e. The number of benzene rings is 1. The van der Waals surface area contributed by atoms with Crippen LogP contribution in [0.3, 0.4) is 0 Å². The zero-order valence-corrected chi connectivity index (χ0v) is 12.4. The molecule has 1 aromatic rings. The van der Waals surface area contributed by atoms with Crippen molar-refractivity contribution in [2.45, 2.75) is 38.8 Å². The number of ether oxygens (including phenoxy) is 1. The van der Waals surface area contributed by atoms with Crippen LogP contribution in [0, 0.1) is 11.8 Å². The summed E-state index contributed by atoms with van der Waals surface area (Å²) >= 11 is 0. The van der Waals surface area contributed by atoms with Crippen molar-refractivity contribution in [2.75, 3.05) is 20.3 Å². The molecule has 0 amide bonds. The van der Waals surface area contributed by atoms with Gasteiger partial charge in [-0.1, -0.05) is 18.3 Å². The normalized spacial score (nSPS) is 19.2. The first-order valence-electron chi connectivity index (χ1n) is 7.25. The van der Waals surface area contributed by atoms with E-state index in [9.17, 15) is 0 Å². The van der Waals surface area contributed by atoms with Gasteiger partial charge in [-0.3, -0.25) is 4.90 Å². The van der Waals surface area contributed by atoms with Crippen LogP contribution in [-0.2, 0) is 6.54 Å². The van der Waals surface area contributed by atoms with Crippen molar-refractivity contribution in [3.63, 3.8) is 0 Å². The van der Waals surface area contributed by atoms with Crippen molar-refractivity contribution in [1.29, 1.82) is 0 Å². The van der Waals surface area contributed by atoms with Gasteiger partial charge in [-0.15, -0.1) is 0 Å². The van der Waals surface area contributed by atoms with Crippen LogP contribution in [-0.4, -0.2) is 36.3 Å². The number of aliphatic hydroxyl groups is 1. The van der Waals surface area contributed by atoms with Crippen LogP contribution >= 0.6 is 0 Å². The molecule has 0 radical (unpaired) electrons. The minimum absolute atomic E-state index is 0.106. The number of aliphatic hydroxyl groups excluding tert-OH is 1. The summed E-state index contributed by atoms with van der Waals surface area (Å²) in [5, 5.41) is 8.87. The minimum Gasteiger partial charge on any atom is -0.497 e. The molecular weight excluding hydrogens is 250 g/mol. The summed E-state index contributed by atoms with van der Waals surface area (Å²) in [7, 11) is 1.68. The van der Waals surface area contributed by atoms with Gasteiger partial charge in [0.05, 0.1) is 7.11 Å². The molecule has 1 N–H and O–H groups in total. The van der Waals surface area contributed by atoms with Gasteiger partial charge in [0.25, 0.3) is 0 Å². The van der Waals surface area contributed by atoms with Gasteiger partial charge < -0.3 is 9.84 Å². The van der Waals surface area contributed by atoms with Gasteiger partial charge in [0, 0.05) is 18.2 Å². The molecule has 1 aromatic carbocycles. The molecule has 2 rings (SSSR count). The molecule has 0 bridgehead atoms. The Bertz CT molecular complexity index is 501. The van der Waals surface area contributed by atoms with Crippen molar-refractivity contribution in [3.05, 3.63) is 29.3 Å². The molecule has 108 valence electrons. The fourth-order valence-electron chi connectivity index (χ4n) is 2.70. The highest BCUT2D eigenvalue weighted by molar-refractivity contribution is 5.45. The van der Waals surface area contributed by atoms with Gasteiger partial charge in [0.15, 0.2) is 0 Å². The predicted octanol–water partition coefficient (Wildman–Crippen LogP) is 2.41. The van der Waals surface area contributed by atoms with E-state index in [1.807, 2.05) is 12.1 Å². The molecule has 1 unspecified atom stereocenters. The van der Waals surface area contributed by atoms with Gasteiger partial charge in [-0.05, 0) is 50.1 Å². The number of hydrogen-bond acceptors (Lipinski definition) is 3. The standard InChI is InChI=1S/C17H23NO2/c1-14-6-3-4-10-18(14)13-16-12-17(20-2)9-8-15(16)7-5-11-19/h8-9,12,14,19H,3-4,6,10-11,13H2,1-2H3. The van der Waals surface area contributed by atoms with Crippen LogP contribution in [0.2, 0.25) is 0 Å². The second-order valence-electron chi connectivity index (χ2n) is 5.30. The average molecular weight is 273 g/mol. The molecule has 1 heterocycles. The van der Waals surface area contributed by atoms with E-state index in [1.54, 1.807) is 7.11 Å². The predicted molar refractivity (Wildman–Crippen MR) is 80.7 cm³/mol. The number of rotatable bonds is 3. The molecule has 1 aliphatic rings. The summed E-state index contributed by atoms with van der Waals surface area (Å²) in [6, 6.07) is 6.58. The zero-order chi connectivity index (χ0) is 14.4. The number of methoxy groups -OCH3 is 1. The second kappa shape index (κ2) is 7.33. The van der Waals surface area contributed by atoms with E-state index in [2.05, 4.69) is 29.7 Å². The molecule has 1 aliphatic heterocycles. The Morgan fingerprint density at radius 2 is 2.25 bits per heavy atom. The topological polar surface area (TPSA) is 32.7 Å². The van der Waals surface area contributed by atoms with Crippen molar-refractivity contribution < 1.29 is 9.84 Å². The molecule has 0 aliphatic carbocycles. The van der Waals surface area contributed by atoms with Gasteiger partial charge in [0.2, 0.25) is 0 Å². The van der Waals surface area contributed by atoms with Gasteiger partial charge in [-0.25, -0.2) is 0 Å². The highest BCUT2D eigenvalue weighted by Gasteiger charge is 2.19. The molecule has 0 saturated carbocycles. The summed E-state index contributed by atoms with van der Waals surface area (Å²) in [4.78, 5) is 2.50. The Hall–Kier alpha value is -1.50. The van der Waals surface area contributed by atoms with E-state index >= 15 is 0 Å². The Kier molecular flexibility index (Phi) is 5.46.